The second-order valence-electron chi connectivity index (χ2n) is 7.99. The molecule has 0 amide bonds. The first-order chi connectivity index (χ1) is 12.4. The molecule has 2 aliphatic heterocycles. The van der Waals surface area contributed by atoms with Crippen molar-refractivity contribution in [1.82, 2.24) is 25.0 Å². The Kier molecular flexibility index (Phi) is 4.06. The zero-order valence-electron chi connectivity index (χ0n) is 14.7. The minimum absolute atomic E-state index is 0.392. The second-order valence-corrected chi connectivity index (χ2v) is 7.99. The number of benzene rings is 1. The van der Waals surface area contributed by atoms with Gasteiger partial charge in [-0.25, -0.2) is 9.67 Å². The van der Waals surface area contributed by atoms with Crippen LogP contribution in [-0.2, 0) is 13.1 Å². The highest BCUT2D eigenvalue weighted by atomic mass is 15.4. The lowest BCUT2D eigenvalue weighted by Gasteiger charge is -2.29. The number of nitrogens with one attached hydrogen (secondary N) is 1. The fourth-order valence-electron chi connectivity index (χ4n) is 5.24. The lowest BCUT2D eigenvalue weighted by Crippen LogP contribution is -2.40. The molecule has 0 radical (unpaired) electrons. The van der Waals surface area contributed by atoms with Gasteiger partial charge in [0.1, 0.15) is 12.2 Å². The monoisotopic (exact) mass is 337 g/mol. The number of rotatable bonds is 4. The Labute approximate surface area is 149 Å². The second kappa shape index (κ2) is 6.54. The maximum Gasteiger partial charge on any atom is 0.143 e. The van der Waals surface area contributed by atoms with Gasteiger partial charge in [0.25, 0.3) is 0 Å². The number of aromatic nitrogens is 3. The highest BCUT2D eigenvalue weighted by molar-refractivity contribution is 5.15. The molecule has 0 unspecified atom stereocenters. The van der Waals surface area contributed by atoms with Crippen molar-refractivity contribution in [2.45, 2.75) is 50.9 Å². The largest absolute Gasteiger partial charge is 0.304 e. The van der Waals surface area contributed by atoms with E-state index in [-0.39, 0.29) is 0 Å². The molecule has 0 bridgehead atoms. The molecular formula is C20H27N5. The highest BCUT2D eigenvalue weighted by Crippen LogP contribution is 2.40. The first-order valence-corrected chi connectivity index (χ1v) is 9.77. The molecule has 3 heterocycles. The van der Waals surface area contributed by atoms with Crippen molar-refractivity contribution in [2.24, 2.45) is 11.8 Å². The number of hydrogen-bond donors (Lipinski definition) is 1. The number of likely N-dealkylation sites (tertiary alicyclic amines) is 1. The summed E-state index contributed by atoms with van der Waals surface area (Å²) in [6, 6.07) is 11.9. The summed E-state index contributed by atoms with van der Waals surface area (Å²) < 4.78 is 2.09. The Bertz CT molecular complexity index is 712. The molecule has 1 N–H and O–H groups in total. The van der Waals surface area contributed by atoms with E-state index in [0.29, 0.717) is 12.1 Å². The average molecular weight is 337 g/mol. The first kappa shape index (κ1) is 15.5. The van der Waals surface area contributed by atoms with Crippen LogP contribution in [0, 0.1) is 11.8 Å². The van der Waals surface area contributed by atoms with Crippen molar-refractivity contribution in [1.29, 1.82) is 0 Å². The summed E-state index contributed by atoms with van der Waals surface area (Å²) in [4.78, 5) is 7.17. The van der Waals surface area contributed by atoms with Gasteiger partial charge in [-0.05, 0) is 43.1 Å². The van der Waals surface area contributed by atoms with Gasteiger partial charge >= 0.3 is 0 Å². The zero-order valence-corrected chi connectivity index (χ0v) is 14.7. The lowest BCUT2D eigenvalue weighted by atomic mass is 9.96. The van der Waals surface area contributed by atoms with Crippen LogP contribution in [0.25, 0.3) is 0 Å². The third-order valence-corrected chi connectivity index (χ3v) is 6.42. The molecule has 0 spiro atoms. The minimum Gasteiger partial charge on any atom is -0.304 e. The summed E-state index contributed by atoms with van der Waals surface area (Å²) in [6.45, 7) is 4.61. The summed E-state index contributed by atoms with van der Waals surface area (Å²) in [5.41, 5.74) is 1.44. The maximum absolute atomic E-state index is 4.52. The third kappa shape index (κ3) is 3.00. The molecule has 1 aliphatic carbocycles. The van der Waals surface area contributed by atoms with Crippen LogP contribution < -0.4 is 5.32 Å². The number of aryl methyl sites for hydroxylation is 1. The van der Waals surface area contributed by atoms with Crippen molar-refractivity contribution in [3.05, 3.63) is 48.0 Å². The Hall–Kier alpha value is -1.72. The van der Waals surface area contributed by atoms with E-state index >= 15 is 0 Å². The molecule has 1 saturated heterocycles. The molecule has 5 nitrogen and oxygen atoms in total. The maximum atomic E-state index is 4.52. The minimum atomic E-state index is 0.392. The standard InChI is InChI=1S/C20H27N5/c1-2-5-15(6-3-1)11-24-12-16-8-9-18(17(16)13-24)23-19-7-4-10-25-20(19)21-14-22-25/h1-3,5-6,14,16-19,23H,4,7-13H2/t16-,17-,18-,19-/m0/s1. The predicted molar refractivity (Wildman–Crippen MR) is 96.9 cm³/mol. The smallest absolute Gasteiger partial charge is 0.143 e. The quantitative estimate of drug-likeness (QED) is 0.932. The fourth-order valence-corrected chi connectivity index (χ4v) is 5.24. The Morgan fingerprint density at radius 3 is 2.92 bits per heavy atom. The van der Waals surface area contributed by atoms with Crippen molar-refractivity contribution < 1.29 is 0 Å². The number of fused-ring (bicyclic) bond motifs is 2. The summed E-state index contributed by atoms with van der Waals surface area (Å²) in [6.07, 6.45) is 6.80. The topological polar surface area (TPSA) is 46.0 Å². The van der Waals surface area contributed by atoms with Crippen LogP contribution >= 0.6 is 0 Å². The summed E-state index contributed by atoms with van der Waals surface area (Å²) in [5, 5.41) is 8.33. The zero-order chi connectivity index (χ0) is 16.6. The van der Waals surface area contributed by atoms with E-state index in [0.717, 1.165) is 30.7 Å². The average Bonchev–Trinajstić information content (AvgIpc) is 3.33. The SMILES string of the molecule is c1ccc(CN2C[C@@H]3CC[C@H](N[C@H]4CCCn5ncnc54)[C@H]3C2)cc1. The van der Waals surface area contributed by atoms with E-state index in [4.69, 9.17) is 0 Å². The van der Waals surface area contributed by atoms with Gasteiger partial charge < -0.3 is 5.32 Å². The Morgan fingerprint density at radius 2 is 2.00 bits per heavy atom. The van der Waals surface area contributed by atoms with E-state index in [1.807, 2.05) is 0 Å². The molecule has 3 aliphatic rings. The Balaban J connectivity index is 1.24. The van der Waals surface area contributed by atoms with Crippen LogP contribution in [0.15, 0.2) is 36.7 Å². The van der Waals surface area contributed by atoms with Crippen LogP contribution in [0.4, 0.5) is 0 Å². The number of hydrogen-bond acceptors (Lipinski definition) is 4. The van der Waals surface area contributed by atoms with Crippen LogP contribution in [0.3, 0.4) is 0 Å². The predicted octanol–water partition coefficient (Wildman–Crippen LogP) is 2.61. The van der Waals surface area contributed by atoms with Gasteiger partial charge in [0.05, 0.1) is 6.04 Å². The molecule has 1 aromatic heterocycles. The van der Waals surface area contributed by atoms with Crippen LogP contribution in [0.1, 0.15) is 43.1 Å². The van der Waals surface area contributed by atoms with Crippen LogP contribution in [-0.4, -0.2) is 38.8 Å². The van der Waals surface area contributed by atoms with Gasteiger partial charge in [0, 0.05) is 32.2 Å². The summed E-state index contributed by atoms with van der Waals surface area (Å²) >= 11 is 0. The van der Waals surface area contributed by atoms with Crippen molar-refractivity contribution >= 4 is 0 Å². The molecule has 132 valence electrons. The summed E-state index contributed by atoms with van der Waals surface area (Å²) in [5.74, 6) is 2.80. The van der Waals surface area contributed by atoms with Gasteiger partial charge in [-0.2, -0.15) is 5.10 Å². The van der Waals surface area contributed by atoms with Gasteiger partial charge in [-0.15, -0.1) is 0 Å². The Morgan fingerprint density at radius 1 is 1.08 bits per heavy atom. The van der Waals surface area contributed by atoms with E-state index in [1.165, 1.54) is 44.3 Å². The van der Waals surface area contributed by atoms with E-state index in [9.17, 15) is 0 Å². The lowest BCUT2D eigenvalue weighted by molar-refractivity contribution is 0.266. The molecule has 5 rings (SSSR count). The molecule has 4 atom stereocenters. The van der Waals surface area contributed by atoms with Gasteiger partial charge in [0.15, 0.2) is 0 Å². The highest BCUT2D eigenvalue weighted by Gasteiger charge is 2.43. The molecule has 2 fully saturated rings. The first-order valence-electron chi connectivity index (χ1n) is 9.77. The third-order valence-electron chi connectivity index (χ3n) is 6.42. The molecular weight excluding hydrogens is 310 g/mol. The van der Waals surface area contributed by atoms with Crippen LogP contribution in [0.2, 0.25) is 0 Å². The van der Waals surface area contributed by atoms with Gasteiger partial charge in [-0.3, -0.25) is 4.90 Å². The normalized spacial score (nSPS) is 31.8. The van der Waals surface area contributed by atoms with Crippen LogP contribution in [0.5, 0.6) is 0 Å². The molecule has 1 aromatic carbocycles. The van der Waals surface area contributed by atoms with Crippen molar-refractivity contribution in [2.75, 3.05) is 13.1 Å². The summed E-state index contributed by atoms with van der Waals surface area (Å²) in [7, 11) is 0. The van der Waals surface area contributed by atoms with E-state index < -0.39 is 0 Å². The van der Waals surface area contributed by atoms with Gasteiger partial charge in [0.2, 0.25) is 0 Å². The molecule has 25 heavy (non-hydrogen) atoms. The fraction of sp³-hybridized carbons (Fsp3) is 0.600. The van der Waals surface area contributed by atoms with E-state index in [1.54, 1.807) is 6.33 Å². The van der Waals surface area contributed by atoms with Gasteiger partial charge in [-0.1, -0.05) is 30.3 Å². The molecule has 1 saturated carbocycles. The molecule has 2 aromatic rings. The van der Waals surface area contributed by atoms with E-state index in [2.05, 4.69) is 55.3 Å². The van der Waals surface area contributed by atoms with Crippen molar-refractivity contribution in [3.8, 4) is 0 Å². The number of nitrogens with zero attached hydrogens (tertiary/aromatic N) is 4. The molecule has 5 heteroatoms. The van der Waals surface area contributed by atoms with Crippen molar-refractivity contribution in [3.63, 3.8) is 0 Å².